The second-order valence-corrected chi connectivity index (χ2v) is 6.79. The standard InChI is InChI=1S/C20H20FN3O3/c1-27-20(26)18-10-17-16(24(18)12-19(25)22-11-13-2-3-13)8-9-23(17)15-6-4-14(21)5-7-15/h4-10,13H,2-3,11-12H2,1H3,(H,22,25). The molecular formula is C20H20FN3O3. The van der Waals surface area contributed by atoms with Crippen LogP contribution in [0.3, 0.4) is 0 Å². The Labute approximate surface area is 155 Å². The number of rotatable bonds is 6. The molecule has 1 aliphatic rings. The summed E-state index contributed by atoms with van der Waals surface area (Å²) in [7, 11) is 1.31. The lowest BCUT2D eigenvalue weighted by molar-refractivity contribution is -0.121. The number of benzene rings is 1. The molecule has 6 nitrogen and oxygen atoms in total. The summed E-state index contributed by atoms with van der Waals surface area (Å²) >= 11 is 0. The van der Waals surface area contributed by atoms with Crippen LogP contribution in [0.4, 0.5) is 4.39 Å². The fraction of sp³-hybridized carbons (Fsp3) is 0.300. The SMILES string of the molecule is COC(=O)c1cc2c(ccn2-c2ccc(F)cc2)n1CC(=O)NCC1CC1. The van der Waals surface area contributed by atoms with Crippen molar-refractivity contribution in [3.63, 3.8) is 0 Å². The van der Waals surface area contributed by atoms with Gasteiger partial charge in [-0.1, -0.05) is 0 Å². The van der Waals surface area contributed by atoms with E-state index in [1.54, 1.807) is 22.8 Å². The molecule has 2 aromatic heterocycles. The maximum Gasteiger partial charge on any atom is 0.354 e. The van der Waals surface area contributed by atoms with Crippen LogP contribution in [0, 0.1) is 11.7 Å². The number of nitrogens with one attached hydrogen (secondary N) is 1. The van der Waals surface area contributed by atoms with Crippen LogP contribution in [0.15, 0.2) is 42.6 Å². The van der Waals surface area contributed by atoms with Crippen LogP contribution in [0.1, 0.15) is 23.3 Å². The molecule has 0 bridgehead atoms. The van der Waals surface area contributed by atoms with Crippen molar-refractivity contribution in [2.24, 2.45) is 5.92 Å². The third-order valence-corrected chi connectivity index (χ3v) is 4.84. The highest BCUT2D eigenvalue weighted by atomic mass is 19.1. The molecular weight excluding hydrogens is 349 g/mol. The van der Waals surface area contributed by atoms with E-state index >= 15 is 0 Å². The van der Waals surface area contributed by atoms with Gasteiger partial charge in [-0.3, -0.25) is 4.79 Å². The van der Waals surface area contributed by atoms with E-state index in [0.717, 1.165) is 29.6 Å². The number of halogens is 1. The summed E-state index contributed by atoms with van der Waals surface area (Å²) in [6.07, 6.45) is 4.14. The average molecular weight is 369 g/mol. The van der Waals surface area contributed by atoms with Crippen molar-refractivity contribution in [1.82, 2.24) is 14.5 Å². The molecule has 0 aliphatic heterocycles. The van der Waals surface area contributed by atoms with Crippen LogP contribution in [0.5, 0.6) is 0 Å². The zero-order chi connectivity index (χ0) is 19.0. The number of aromatic nitrogens is 2. The van der Waals surface area contributed by atoms with Crippen LogP contribution in [-0.2, 0) is 16.1 Å². The van der Waals surface area contributed by atoms with E-state index in [2.05, 4.69) is 5.32 Å². The van der Waals surface area contributed by atoms with E-state index in [1.807, 2.05) is 16.8 Å². The van der Waals surface area contributed by atoms with Crippen LogP contribution in [0.2, 0.25) is 0 Å². The molecule has 0 spiro atoms. The zero-order valence-electron chi connectivity index (χ0n) is 14.9. The first-order chi connectivity index (χ1) is 13.1. The van der Waals surface area contributed by atoms with E-state index in [0.29, 0.717) is 18.2 Å². The third-order valence-electron chi connectivity index (χ3n) is 4.84. The van der Waals surface area contributed by atoms with Gasteiger partial charge in [-0.2, -0.15) is 0 Å². The van der Waals surface area contributed by atoms with Gasteiger partial charge in [0.2, 0.25) is 5.91 Å². The van der Waals surface area contributed by atoms with E-state index < -0.39 is 5.97 Å². The summed E-state index contributed by atoms with van der Waals surface area (Å²) in [5, 5.41) is 2.92. The Morgan fingerprint density at radius 2 is 1.93 bits per heavy atom. The number of amides is 1. The molecule has 1 aliphatic carbocycles. The molecule has 1 N–H and O–H groups in total. The van der Waals surface area contributed by atoms with E-state index in [4.69, 9.17) is 4.74 Å². The monoisotopic (exact) mass is 369 g/mol. The maximum absolute atomic E-state index is 13.2. The summed E-state index contributed by atoms with van der Waals surface area (Å²) in [6.45, 7) is 0.710. The van der Waals surface area contributed by atoms with Crippen LogP contribution < -0.4 is 5.32 Å². The molecule has 3 aromatic rings. The first-order valence-electron chi connectivity index (χ1n) is 8.88. The van der Waals surface area contributed by atoms with Gasteiger partial charge in [0.15, 0.2) is 0 Å². The van der Waals surface area contributed by atoms with Crippen molar-refractivity contribution < 1.29 is 18.7 Å². The second kappa shape index (κ2) is 6.90. The van der Waals surface area contributed by atoms with Gasteiger partial charge in [-0.15, -0.1) is 0 Å². The predicted octanol–water partition coefficient (Wildman–Crippen LogP) is 2.88. The van der Waals surface area contributed by atoms with Crippen molar-refractivity contribution in [2.75, 3.05) is 13.7 Å². The van der Waals surface area contributed by atoms with Crippen molar-refractivity contribution in [2.45, 2.75) is 19.4 Å². The number of fused-ring (bicyclic) bond motifs is 1. The molecule has 1 saturated carbocycles. The smallest absolute Gasteiger partial charge is 0.354 e. The Bertz CT molecular complexity index is 1000. The van der Waals surface area contributed by atoms with Crippen LogP contribution in [-0.4, -0.2) is 34.7 Å². The number of hydrogen-bond acceptors (Lipinski definition) is 3. The molecule has 2 heterocycles. The van der Waals surface area contributed by atoms with Gasteiger partial charge in [-0.25, -0.2) is 9.18 Å². The molecule has 7 heteroatoms. The molecule has 1 amide bonds. The Balaban J connectivity index is 1.70. The summed E-state index contributed by atoms with van der Waals surface area (Å²) < 4.78 is 21.6. The largest absolute Gasteiger partial charge is 0.464 e. The summed E-state index contributed by atoms with van der Waals surface area (Å²) in [6, 6.07) is 9.60. The number of ether oxygens (including phenoxy) is 1. The van der Waals surface area contributed by atoms with Crippen molar-refractivity contribution in [3.8, 4) is 5.69 Å². The zero-order valence-corrected chi connectivity index (χ0v) is 14.9. The Morgan fingerprint density at radius 3 is 2.59 bits per heavy atom. The van der Waals surface area contributed by atoms with Crippen molar-refractivity contribution in [3.05, 3.63) is 54.1 Å². The highest BCUT2D eigenvalue weighted by Gasteiger charge is 2.23. The Hall–Kier alpha value is -3.09. The lowest BCUT2D eigenvalue weighted by Crippen LogP contribution is -2.30. The molecule has 27 heavy (non-hydrogen) atoms. The number of carbonyl (C=O) groups is 2. The van der Waals surface area contributed by atoms with Crippen LogP contribution >= 0.6 is 0 Å². The summed E-state index contributed by atoms with van der Waals surface area (Å²) in [5.74, 6) is -0.383. The fourth-order valence-corrected chi connectivity index (χ4v) is 3.19. The first kappa shape index (κ1) is 17.3. The molecule has 0 saturated heterocycles. The van der Waals surface area contributed by atoms with Gasteiger partial charge in [-0.05, 0) is 55.2 Å². The molecule has 0 radical (unpaired) electrons. The quantitative estimate of drug-likeness (QED) is 0.680. The Morgan fingerprint density at radius 1 is 1.19 bits per heavy atom. The van der Waals surface area contributed by atoms with Gasteiger partial charge in [0.25, 0.3) is 0 Å². The number of esters is 1. The van der Waals surface area contributed by atoms with Crippen molar-refractivity contribution in [1.29, 1.82) is 0 Å². The maximum atomic E-state index is 13.2. The molecule has 4 rings (SSSR count). The number of nitrogens with zero attached hydrogens (tertiary/aromatic N) is 2. The van der Waals surface area contributed by atoms with Gasteiger partial charge >= 0.3 is 5.97 Å². The minimum Gasteiger partial charge on any atom is -0.464 e. The van der Waals surface area contributed by atoms with E-state index in [9.17, 15) is 14.0 Å². The molecule has 0 atom stereocenters. The van der Waals surface area contributed by atoms with Gasteiger partial charge in [0.05, 0.1) is 18.1 Å². The lowest BCUT2D eigenvalue weighted by Gasteiger charge is -2.09. The van der Waals surface area contributed by atoms with Crippen LogP contribution in [0.25, 0.3) is 16.7 Å². The first-order valence-corrected chi connectivity index (χ1v) is 8.88. The van der Waals surface area contributed by atoms with E-state index in [-0.39, 0.29) is 18.3 Å². The second-order valence-electron chi connectivity index (χ2n) is 6.79. The third kappa shape index (κ3) is 3.45. The minimum absolute atomic E-state index is 0.0358. The minimum atomic E-state index is -0.508. The van der Waals surface area contributed by atoms with Gasteiger partial charge in [0.1, 0.15) is 18.1 Å². The highest BCUT2D eigenvalue weighted by molar-refractivity contribution is 5.96. The average Bonchev–Trinajstić information content (AvgIpc) is 3.31. The molecule has 140 valence electrons. The van der Waals surface area contributed by atoms with Gasteiger partial charge < -0.3 is 19.2 Å². The number of hydrogen-bond donors (Lipinski definition) is 1. The lowest BCUT2D eigenvalue weighted by atomic mass is 10.3. The fourth-order valence-electron chi connectivity index (χ4n) is 3.19. The topological polar surface area (TPSA) is 65.3 Å². The summed E-state index contributed by atoms with van der Waals surface area (Å²) in [5.41, 5.74) is 2.55. The number of methoxy groups -OCH3 is 1. The van der Waals surface area contributed by atoms with Gasteiger partial charge in [0, 0.05) is 18.4 Å². The molecule has 1 fully saturated rings. The highest BCUT2D eigenvalue weighted by Crippen LogP contribution is 2.28. The number of carbonyl (C=O) groups excluding carboxylic acids is 2. The predicted molar refractivity (Wildman–Crippen MR) is 98.3 cm³/mol. The molecule has 0 unspecified atom stereocenters. The Kier molecular flexibility index (Phi) is 4.43. The van der Waals surface area contributed by atoms with Crippen molar-refractivity contribution >= 4 is 22.9 Å². The molecule has 1 aromatic carbocycles. The summed E-state index contributed by atoms with van der Waals surface area (Å²) in [4.78, 5) is 24.5. The van der Waals surface area contributed by atoms with E-state index in [1.165, 1.54) is 19.2 Å². The normalized spacial score (nSPS) is 13.7.